The molecule has 1 aliphatic heterocycles. The van der Waals surface area contributed by atoms with Gasteiger partial charge in [-0.05, 0) is 45.0 Å². The first-order valence-electron chi connectivity index (χ1n) is 7.21. The van der Waals surface area contributed by atoms with Gasteiger partial charge in [-0.15, -0.1) is 11.3 Å². The second-order valence-corrected chi connectivity index (χ2v) is 6.77. The van der Waals surface area contributed by atoms with Crippen LogP contribution in [0, 0.1) is 19.7 Å². The molecule has 0 saturated carbocycles. The number of hydrogen-bond donors (Lipinski definition) is 0. The molecule has 1 aliphatic rings. The number of carbonyl (C=O) groups excluding carboxylic acids is 2. The normalized spacial score (nSPS) is 18.2. The number of imide groups is 1. The Bertz CT molecular complexity index is 753. The van der Waals surface area contributed by atoms with E-state index in [2.05, 4.69) is 4.98 Å². The third-order valence-corrected chi connectivity index (χ3v) is 4.98. The van der Waals surface area contributed by atoms with Crippen molar-refractivity contribution in [2.24, 2.45) is 0 Å². The van der Waals surface area contributed by atoms with E-state index >= 15 is 0 Å². The Balaban J connectivity index is 1.87. The topological polar surface area (TPSA) is 53.5 Å². The summed E-state index contributed by atoms with van der Waals surface area (Å²) in [5, 5.41) is 0.731. The van der Waals surface area contributed by atoms with Crippen LogP contribution in [-0.2, 0) is 11.3 Å². The molecule has 5 nitrogen and oxygen atoms in total. The number of benzene rings is 1. The molecule has 7 heteroatoms. The summed E-state index contributed by atoms with van der Waals surface area (Å²) in [5.41, 5.74) is 1.42. The molecule has 0 N–H and O–H groups in total. The van der Waals surface area contributed by atoms with Gasteiger partial charge in [0, 0.05) is 10.6 Å². The lowest BCUT2D eigenvalue weighted by Crippen LogP contribution is -2.33. The number of urea groups is 1. The Morgan fingerprint density at radius 1 is 1.22 bits per heavy atom. The summed E-state index contributed by atoms with van der Waals surface area (Å²) >= 11 is 1.48. The maximum atomic E-state index is 13.1. The highest BCUT2D eigenvalue weighted by molar-refractivity contribution is 7.11. The molecule has 0 radical (unpaired) electrons. The Morgan fingerprint density at radius 2 is 1.87 bits per heavy atom. The van der Waals surface area contributed by atoms with Crippen molar-refractivity contribution >= 4 is 29.0 Å². The second-order valence-electron chi connectivity index (χ2n) is 5.48. The zero-order valence-corrected chi connectivity index (χ0v) is 13.9. The summed E-state index contributed by atoms with van der Waals surface area (Å²) in [5.74, 6) is -0.658. The number of halogens is 1. The summed E-state index contributed by atoms with van der Waals surface area (Å²) in [6.45, 7) is 5.69. The minimum atomic E-state index is -0.616. The average molecular weight is 333 g/mol. The number of aromatic nitrogens is 1. The van der Waals surface area contributed by atoms with Crippen LogP contribution >= 0.6 is 11.3 Å². The van der Waals surface area contributed by atoms with Crippen LogP contribution in [0.2, 0.25) is 0 Å². The van der Waals surface area contributed by atoms with Crippen molar-refractivity contribution in [3.63, 3.8) is 0 Å². The minimum absolute atomic E-state index is 0.166. The van der Waals surface area contributed by atoms with Crippen LogP contribution in [-0.4, -0.2) is 27.9 Å². The summed E-state index contributed by atoms with van der Waals surface area (Å²) < 4.78 is 13.1. The molecule has 0 spiro atoms. The third kappa shape index (κ3) is 2.72. The molecule has 23 heavy (non-hydrogen) atoms. The highest BCUT2D eigenvalue weighted by Gasteiger charge is 2.43. The lowest BCUT2D eigenvalue weighted by molar-refractivity contribution is -0.127. The highest BCUT2D eigenvalue weighted by atomic mass is 32.1. The molecule has 0 bridgehead atoms. The van der Waals surface area contributed by atoms with Crippen molar-refractivity contribution in [1.82, 2.24) is 9.88 Å². The van der Waals surface area contributed by atoms with Gasteiger partial charge in [0.25, 0.3) is 5.91 Å². The van der Waals surface area contributed by atoms with Crippen molar-refractivity contribution in [3.8, 4) is 0 Å². The number of carbonyl (C=O) groups is 2. The standard InChI is InChI=1S/C16H16FN3O2S/c1-9-11(3)23-14(18-9)8-19-15(21)10(2)20(16(19)22)13-6-4-12(17)5-7-13/h4-7,10H,8H2,1-3H3/t10-/m1/s1. The number of thiazole rings is 1. The van der Waals surface area contributed by atoms with E-state index in [4.69, 9.17) is 0 Å². The van der Waals surface area contributed by atoms with Gasteiger partial charge >= 0.3 is 6.03 Å². The molecule has 3 rings (SSSR count). The van der Waals surface area contributed by atoms with E-state index in [1.54, 1.807) is 6.92 Å². The van der Waals surface area contributed by atoms with Gasteiger partial charge in [0.05, 0.1) is 12.2 Å². The largest absolute Gasteiger partial charge is 0.332 e. The Morgan fingerprint density at radius 3 is 2.43 bits per heavy atom. The molecule has 1 aromatic heterocycles. The molecule has 120 valence electrons. The Hall–Kier alpha value is -2.28. The van der Waals surface area contributed by atoms with Crippen LogP contribution in [0.1, 0.15) is 22.5 Å². The number of nitrogens with zero attached hydrogens (tertiary/aromatic N) is 3. The van der Waals surface area contributed by atoms with E-state index in [9.17, 15) is 14.0 Å². The van der Waals surface area contributed by atoms with Gasteiger partial charge in [0.15, 0.2) is 0 Å². The van der Waals surface area contributed by atoms with Crippen LogP contribution in [0.15, 0.2) is 24.3 Å². The Kier molecular flexibility index (Phi) is 3.89. The first-order chi connectivity index (χ1) is 10.9. The van der Waals surface area contributed by atoms with Crippen molar-refractivity contribution in [2.45, 2.75) is 33.4 Å². The molecular formula is C16H16FN3O2S. The molecule has 1 saturated heterocycles. The summed E-state index contributed by atoms with van der Waals surface area (Å²) in [6, 6.07) is 4.53. The molecule has 0 unspecified atom stereocenters. The highest BCUT2D eigenvalue weighted by Crippen LogP contribution is 2.28. The maximum Gasteiger partial charge on any atom is 0.332 e. The summed E-state index contributed by atoms with van der Waals surface area (Å²) in [4.78, 5) is 33.1. The smallest absolute Gasteiger partial charge is 0.282 e. The van der Waals surface area contributed by atoms with E-state index in [-0.39, 0.29) is 18.3 Å². The first kappa shape index (κ1) is 15.6. The van der Waals surface area contributed by atoms with Crippen LogP contribution < -0.4 is 4.90 Å². The number of anilines is 1. The fourth-order valence-corrected chi connectivity index (χ4v) is 3.47. The van der Waals surface area contributed by atoms with Crippen molar-refractivity contribution < 1.29 is 14.0 Å². The molecule has 1 atom stereocenters. The van der Waals surface area contributed by atoms with Crippen molar-refractivity contribution in [3.05, 3.63) is 45.7 Å². The third-order valence-electron chi connectivity index (χ3n) is 3.92. The van der Waals surface area contributed by atoms with E-state index in [1.165, 1.54) is 45.4 Å². The number of rotatable bonds is 3. The van der Waals surface area contributed by atoms with Gasteiger partial charge in [0.1, 0.15) is 16.9 Å². The van der Waals surface area contributed by atoms with Gasteiger partial charge in [0.2, 0.25) is 0 Å². The van der Waals surface area contributed by atoms with Crippen LogP contribution in [0.25, 0.3) is 0 Å². The monoisotopic (exact) mass is 333 g/mol. The molecule has 2 aromatic rings. The molecular weight excluding hydrogens is 317 g/mol. The van der Waals surface area contributed by atoms with Gasteiger partial charge in [-0.2, -0.15) is 0 Å². The van der Waals surface area contributed by atoms with E-state index in [0.29, 0.717) is 5.69 Å². The van der Waals surface area contributed by atoms with Crippen LogP contribution in [0.5, 0.6) is 0 Å². The van der Waals surface area contributed by atoms with E-state index in [0.717, 1.165) is 15.6 Å². The summed E-state index contributed by atoms with van der Waals surface area (Å²) in [7, 11) is 0. The zero-order chi connectivity index (χ0) is 16.7. The molecule has 0 aliphatic carbocycles. The summed E-state index contributed by atoms with van der Waals surface area (Å²) in [6.07, 6.45) is 0. The maximum absolute atomic E-state index is 13.1. The number of hydrogen-bond acceptors (Lipinski definition) is 4. The Labute approximate surface area is 137 Å². The SMILES string of the molecule is Cc1nc(CN2C(=O)[C@@H](C)N(c3ccc(F)cc3)C2=O)sc1C. The lowest BCUT2D eigenvalue weighted by Gasteiger charge is -2.19. The predicted molar refractivity (Wildman–Crippen MR) is 85.9 cm³/mol. The van der Waals surface area contributed by atoms with E-state index in [1.807, 2.05) is 13.8 Å². The average Bonchev–Trinajstić information content (AvgIpc) is 2.93. The molecule has 1 fully saturated rings. The molecule has 3 amide bonds. The lowest BCUT2D eigenvalue weighted by atomic mass is 10.2. The molecule has 2 heterocycles. The van der Waals surface area contributed by atoms with E-state index < -0.39 is 12.1 Å². The number of amides is 3. The zero-order valence-electron chi connectivity index (χ0n) is 13.0. The minimum Gasteiger partial charge on any atom is -0.282 e. The van der Waals surface area contributed by atoms with Crippen molar-refractivity contribution in [1.29, 1.82) is 0 Å². The fraction of sp³-hybridized carbons (Fsp3) is 0.312. The van der Waals surface area contributed by atoms with Crippen molar-refractivity contribution in [2.75, 3.05) is 4.90 Å². The molecule has 1 aromatic carbocycles. The van der Waals surface area contributed by atoms with Gasteiger partial charge < -0.3 is 0 Å². The second kappa shape index (κ2) is 5.73. The van der Waals surface area contributed by atoms with Crippen LogP contribution in [0.3, 0.4) is 0 Å². The number of aryl methyl sites for hydroxylation is 2. The van der Waals surface area contributed by atoms with Gasteiger partial charge in [-0.3, -0.25) is 14.6 Å². The van der Waals surface area contributed by atoms with Gasteiger partial charge in [-0.1, -0.05) is 0 Å². The fourth-order valence-electron chi connectivity index (χ4n) is 2.55. The predicted octanol–water partition coefficient (Wildman–Crippen LogP) is 3.26. The quantitative estimate of drug-likeness (QED) is 0.810. The van der Waals surface area contributed by atoms with Gasteiger partial charge in [-0.25, -0.2) is 14.2 Å². The van der Waals surface area contributed by atoms with Crippen LogP contribution in [0.4, 0.5) is 14.9 Å². The first-order valence-corrected chi connectivity index (χ1v) is 8.03.